The Morgan fingerprint density at radius 3 is 2.03 bits per heavy atom. The lowest BCUT2D eigenvalue weighted by Gasteiger charge is -2.40. The Hall–Kier alpha value is -2.29. The van der Waals surface area contributed by atoms with Crippen LogP contribution in [0, 0.1) is 0 Å². The van der Waals surface area contributed by atoms with Gasteiger partial charge in [0.2, 0.25) is 5.91 Å². The van der Waals surface area contributed by atoms with Crippen LogP contribution in [0.4, 0.5) is 0 Å². The van der Waals surface area contributed by atoms with Gasteiger partial charge in [-0.3, -0.25) is 4.79 Å². The molecule has 0 bridgehead atoms. The molecule has 196 valence electrons. The van der Waals surface area contributed by atoms with Crippen LogP contribution in [-0.4, -0.2) is 63.6 Å². The van der Waals surface area contributed by atoms with Crippen molar-refractivity contribution in [3.63, 3.8) is 0 Å². The summed E-state index contributed by atoms with van der Waals surface area (Å²) < 4.78 is 12.1. The Labute approximate surface area is 211 Å². The van der Waals surface area contributed by atoms with Crippen molar-refractivity contribution in [1.82, 2.24) is 5.32 Å². The SMILES string of the molecule is [2H]CCCCCCCCCC=CC=CC=CC=CC=CC=CC(=O)N[C@H]1C(O)O[C@H](CO)[C@@H](O)[C@@H]1O. The second-order valence-electron chi connectivity index (χ2n) is 8.35. The van der Waals surface area contributed by atoms with Crippen LogP contribution in [0.1, 0.15) is 59.6 Å². The molecule has 0 saturated carbocycles. The van der Waals surface area contributed by atoms with Gasteiger partial charge in [0.15, 0.2) is 6.29 Å². The summed E-state index contributed by atoms with van der Waals surface area (Å²) in [5.74, 6) is -0.570. The van der Waals surface area contributed by atoms with Crippen molar-refractivity contribution in [1.29, 1.82) is 0 Å². The van der Waals surface area contributed by atoms with Gasteiger partial charge in [0.05, 0.1) is 6.61 Å². The van der Waals surface area contributed by atoms with Gasteiger partial charge in [-0.15, -0.1) is 0 Å². The van der Waals surface area contributed by atoms with Crippen molar-refractivity contribution in [3.8, 4) is 0 Å². The maximum absolute atomic E-state index is 12.0. The number of aliphatic hydroxyl groups is 4. The van der Waals surface area contributed by atoms with Gasteiger partial charge in [-0.05, 0) is 12.8 Å². The number of unbranched alkanes of at least 4 members (excludes halogenated alkanes) is 7. The van der Waals surface area contributed by atoms with Crippen LogP contribution in [0.3, 0.4) is 0 Å². The fraction of sp³-hybridized carbons (Fsp3) is 0.536. The van der Waals surface area contributed by atoms with E-state index in [1.54, 1.807) is 12.2 Å². The van der Waals surface area contributed by atoms with E-state index in [2.05, 4.69) is 17.5 Å². The highest BCUT2D eigenvalue weighted by Gasteiger charge is 2.44. The molecule has 35 heavy (non-hydrogen) atoms. The van der Waals surface area contributed by atoms with Crippen molar-refractivity contribution in [3.05, 3.63) is 72.9 Å². The maximum atomic E-state index is 12.0. The van der Waals surface area contributed by atoms with E-state index in [1.807, 2.05) is 36.5 Å². The quantitative estimate of drug-likeness (QED) is 0.129. The maximum Gasteiger partial charge on any atom is 0.244 e. The van der Waals surface area contributed by atoms with Gasteiger partial charge in [0.1, 0.15) is 24.4 Å². The zero-order valence-electron chi connectivity index (χ0n) is 21.5. The van der Waals surface area contributed by atoms with Crippen molar-refractivity contribution in [2.75, 3.05) is 6.61 Å². The summed E-state index contributed by atoms with van der Waals surface area (Å²) in [6.07, 6.45) is 25.9. The molecule has 0 aromatic rings. The monoisotopic (exact) mass is 490 g/mol. The summed E-state index contributed by atoms with van der Waals surface area (Å²) in [5, 5.41) is 41.2. The third-order valence-electron chi connectivity index (χ3n) is 5.46. The lowest BCUT2D eigenvalue weighted by atomic mass is 9.97. The van der Waals surface area contributed by atoms with Crippen molar-refractivity contribution in [2.24, 2.45) is 0 Å². The normalized spacial score (nSPS) is 26.3. The molecule has 1 aliphatic heterocycles. The molecule has 1 aliphatic rings. The fourth-order valence-corrected chi connectivity index (χ4v) is 3.44. The summed E-state index contributed by atoms with van der Waals surface area (Å²) >= 11 is 0. The van der Waals surface area contributed by atoms with Crippen LogP contribution >= 0.6 is 0 Å². The van der Waals surface area contributed by atoms with Crippen molar-refractivity contribution >= 4 is 5.91 Å². The van der Waals surface area contributed by atoms with Crippen molar-refractivity contribution < 1.29 is 31.3 Å². The number of aliphatic hydroxyl groups excluding tert-OH is 4. The van der Waals surface area contributed by atoms with Gasteiger partial charge in [-0.1, -0.05) is 112 Å². The summed E-state index contributed by atoms with van der Waals surface area (Å²) in [6.45, 7) is -0.00646. The molecule has 1 fully saturated rings. The van der Waals surface area contributed by atoms with E-state index in [4.69, 9.17) is 11.2 Å². The first-order valence-electron chi connectivity index (χ1n) is 13.1. The molecular formula is C28H43NO6. The minimum absolute atomic E-state index is 0.557. The first kappa shape index (κ1) is 28.9. The number of rotatable bonds is 16. The highest BCUT2D eigenvalue weighted by molar-refractivity contribution is 5.88. The van der Waals surface area contributed by atoms with E-state index in [0.29, 0.717) is 6.90 Å². The van der Waals surface area contributed by atoms with Crippen LogP contribution in [0.2, 0.25) is 0 Å². The van der Waals surface area contributed by atoms with E-state index >= 15 is 0 Å². The standard InChI is InChI=1S/C28H43NO6/c1-2-3-4-5-6-7-8-9-10-11-12-13-14-15-16-17-18-19-20-21-24(31)29-25-27(33)26(32)23(22-30)35-28(25)34/h10-21,23,25-28,30,32-34H,2-9,22H2,1H3,(H,29,31)/t23-,25-,26-,27-,28?/m1/s1/i1D. The molecule has 0 radical (unpaired) electrons. The van der Waals surface area contributed by atoms with E-state index in [1.165, 1.54) is 50.7 Å². The number of allylic oxidation sites excluding steroid dienone is 11. The molecule has 0 spiro atoms. The average molecular weight is 491 g/mol. The molecule has 5 N–H and O–H groups in total. The smallest absolute Gasteiger partial charge is 0.244 e. The first-order valence-corrected chi connectivity index (χ1v) is 12.4. The van der Waals surface area contributed by atoms with Crippen LogP contribution in [0.5, 0.6) is 0 Å². The second-order valence-corrected chi connectivity index (χ2v) is 8.35. The Kier molecular flexibility index (Phi) is 16.5. The average Bonchev–Trinajstić information content (AvgIpc) is 2.87. The van der Waals surface area contributed by atoms with Crippen LogP contribution in [-0.2, 0) is 9.53 Å². The predicted molar refractivity (Wildman–Crippen MR) is 139 cm³/mol. The number of ether oxygens (including phenoxy) is 1. The van der Waals surface area contributed by atoms with Crippen LogP contribution in [0.25, 0.3) is 0 Å². The summed E-state index contributed by atoms with van der Waals surface area (Å²) in [7, 11) is 0. The van der Waals surface area contributed by atoms with Crippen LogP contribution < -0.4 is 5.32 Å². The van der Waals surface area contributed by atoms with E-state index in [0.717, 1.165) is 12.8 Å². The molecule has 7 heteroatoms. The zero-order chi connectivity index (χ0) is 26.4. The zero-order valence-corrected chi connectivity index (χ0v) is 20.5. The first-order chi connectivity index (χ1) is 17.5. The van der Waals surface area contributed by atoms with Gasteiger partial charge in [-0.2, -0.15) is 0 Å². The molecule has 5 atom stereocenters. The molecule has 1 unspecified atom stereocenters. The van der Waals surface area contributed by atoms with E-state index in [-0.39, 0.29) is 0 Å². The third kappa shape index (κ3) is 14.0. The Bertz CT molecular complexity index is 761. The van der Waals surface area contributed by atoms with Crippen LogP contribution in [0.15, 0.2) is 72.9 Å². The van der Waals surface area contributed by atoms with Crippen molar-refractivity contribution in [2.45, 2.75) is 88.9 Å². The molecule has 0 aliphatic carbocycles. The Morgan fingerprint density at radius 1 is 0.829 bits per heavy atom. The number of carbonyl (C=O) groups is 1. The largest absolute Gasteiger partial charge is 0.394 e. The van der Waals surface area contributed by atoms with Gasteiger partial charge in [0.25, 0.3) is 0 Å². The summed E-state index contributed by atoms with van der Waals surface area (Å²) in [4.78, 5) is 12.0. The van der Waals surface area contributed by atoms with E-state index < -0.39 is 43.2 Å². The summed E-state index contributed by atoms with van der Waals surface area (Å²) in [6, 6.07) is -1.21. The number of hydrogen-bond acceptors (Lipinski definition) is 6. The number of hydrogen-bond donors (Lipinski definition) is 5. The predicted octanol–water partition coefficient (Wildman–Crippen LogP) is 3.38. The molecule has 0 aromatic carbocycles. The topological polar surface area (TPSA) is 119 Å². The number of carbonyl (C=O) groups excluding carboxylic acids is 1. The molecule has 0 aromatic heterocycles. The van der Waals surface area contributed by atoms with E-state index in [9.17, 15) is 20.1 Å². The molecule has 1 rings (SSSR count). The lowest BCUT2D eigenvalue weighted by Crippen LogP contribution is -2.64. The van der Waals surface area contributed by atoms with Gasteiger partial charge in [-0.25, -0.2) is 0 Å². The summed E-state index contributed by atoms with van der Waals surface area (Å²) in [5.41, 5.74) is 0. The third-order valence-corrected chi connectivity index (χ3v) is 5.46. The molecule has 1 amide bonds. The molecule has 7 nitrogen and oxygen atoms in total. The van der Waals surface area contributed by atoms with Gasteiger partial charge in [0, 0.05) is 7.45 Å². The Morgan fingerprint density at radius 2 is 1.40 bits per heavy atom. The minimum Gasteiger partial charge on any atom is -0.394 e. The second kappa shape index (κ2) is 20.0. The number of nitrogens with one attached hydrogen (secondary N) is 1. The molecule has 1 heterocycles. The fourth-order valence-electron chi connectivity index (χ4n) is 3.44. The Balaban J connectivity index is 2.16. The molecule has 1 saturated heterocycles. The highest BCUT2D eigenvalue weighted by Crippen LogP contribution is 2.19. The highest BCUT2D eigenvalue weighted by atomic mass is 16.6. The lowest BCUT2D eigenvalue weighted by molar-refractivity contribution is -0.253. The molecular weight excluding hydrogens is 446 g/mol. The van der Waals surface area contributed by atoms with Gasteiger partial charge < -0.3 is 30.5 Å². The van der Waals surface area contributed by atoms with Gasteiger partial charge >= 0.3 is 0 Å². The number of amides is 1. The minimum atomic E-state index is -1.54.